The van der Waals surface area contributed by atoms with Crippen molar-refractivity contribution in [2.24, 2.45) is 5.92 Å². The summed E-state index contributed by atoms with van der Waals surface area (Å²) in [5.74, 6) is 0.430. The fourth-order valence-corrected chi connectivity index (χ4v) is 3.32. The van der Waals surface area contributed by atoms with Crippen molar-refractivity contribution in [1.29, 1.82) is 0 Å². The lowest BCUT2D eigenvalue weighted by Gasteiger charge is -2.32. The molecule has 0 saturated carbocycles. The number of halogens is 1. The standard InChI is InChI=1S/C17H22ClN5O/c18-16-5-1-3-14(11-16)6-7-19-17(24)22-9-2-4-15(12-22)13-23-10-8-20-21-23/h1,3,5,8,10-11,15H,2,4,6-7,9,12-13H2,(H,19,24)/t15-/m0/s1. The van der Waals surface area contributed by atoms with E-state index in [1.807, 2.05) is 40.0 Å². The van der Waals surface area contributed by atoms with Crippen LogP contribution in [0.2, 0.25) is 5.02 Å². The first-order valence-corrected chi connectivity index (χ1v) is 8.70. The Labute approximate surface area is 146 Å². The van der Waals surface area contributed by atoms with Crippen molar-refractivity contribution in [3.8, 4) is 0 Å². The van der Waals surface area contributed by atoms with Gasteiger partial charge in [0, 0.05) is 37.4 Å². The Morgan fingerprint density at radius 3 is 3.12 bits per heavy atom. The summed E-state index contributed by atoms with van der Waals surface area (Å²) in [4.78, 5) is 14.3. The molecule has 2 amide bonds. The maximum Gasteiger partial charge on any atom is 0.317 e. The molecule has 0 radical (unpaired) electrons. The Bertz CT molecular complexity index is 661. The van der Waals surface area contributed by atoms with Gasteiger partial charge in [0.2, 0.25) is 0 Å². The van der Waals surface area contributed by atoms with Gasteiger partial charge in [0.25, 0.3) is 0 Å². The van der Waals surface area contributed by atoms with Crippen LogP contribution in [0.5, 0.6) is 0 Å². The van der Waals surface area contributed by atoms with Gasteiger partial charge in [0.15, 0.2) is 0 Å². The van der Waals surface area contributed by atoms with Crippen LogP contribution in [-0.4, -0.2) is 45.6 Å². The molecule has 24 heavy (non-hydrogen) atoms. The molecule has 1 atom stereocenters. The minimum absolute atomic E-state index is 0.0142. The lowest BCUT2D eigenvalue weighted by molar-refractivity contribution is 0.157. The number of piperidine rings is 1. The Balaban J connectivity index is 1.44. The molecule has 1 saturated heterocycles. The van der Waals surface area contributed by atoms with Crippen molar-refractivity contribution in [3.05, 3.63) is 47.2 Å². The third-order valence-electron chi connectivity index (χ3n) is 4.30. The molecule has 1 aromatic heterocycles. The average molecular weight is 348 g/mol. The number of rotatable bonds is 5. The van der Waals surface area contributed by atoms with Crippen LogP contribution in [0.15, 0.2) is 36.7 Å². The summed E-state index contributed by atoms with van der Waals surface area (Å²) in [6.45, 7) is 3.01. The average Bonchev–Trinajstić information content (AvgIpc) is 3.08. The highest BCUT2D eigenvalue weighted by Crippen LogP contribution is 2.18. The minimum atomic E-state index is 0.0142. The Hall–Kier alpha value is -2.08. The van der Waals surface area contributed by atoms with E-state index < -0.39 is 0 Å². The van der Waals surface area contributed by atoms with Gasteiger partial charge < -0.3 is 10.2 Å². The van der Waals surface area contributed by atoms with Crippen molar-refractivity contribution < 1.29 is 4.79 Å². The summed E-state index contributed by atoms with van der Waals surface area (Å²) in [5.41, 5.74) is 1.13. The fourth-order valence-electron chi connectivity index (χ4n) is 3.11. The summed E-state index contributed by atoms with van der Waals surface area (Å²) >= 11 is 5.98. The number of carbonyl (C=O) groups is 1. The predicted octanol–water partition coefficient (Wildman–Crippen LogP) is 2.60. The van der Waals surface area contributed by atoms with Gasteiger partial charge in [-0.2, -0.15) is 0 Å². The normalized spacial score (nSPS) is 17.7. The number of nitrogens with one attached hydrogen (secondary N) is 1. The second kappa shape index (κ2) is 8.15. The highest BCUT2D eigenvalue weighted by Gasteiger charge is 2.23. The fraction of sp³-hybridized carbons (Fsp3) is 0.471. The molecule has 1 aliphatic heterocycles. The lowest BCUT2D eigenvalue weighted by atomic mass is 9.98. The van der Waals surface area contributed by atoms with E-state index in [1.165, 1.54) is 0 Å². The number of benzene rings is 1. The van der Waals surface area contributed by atoms with Crippen molar-refractivity contribution in [2.75, 3.05) is 19.6 Å². The molecule has 0 unspecified atom stereocenters. The van der Waals surface area contributed by atoms with E-state index in [1.54, 1.807) is 6.20 Å². The van der Waals surface area contributed by atoms with Crippen LogP contribution in [0, 0.1) is 5.92 Å². The zero-order valence-corrected chi connectivity index (χ0v) is 14.3. The molecule has 2 aromatic rings. The van der Waals surface area contributed by atoms with Crippen LogP contribution in [-0.2, 0) is 13.0 Å². The predicted molar refractivity (Wildman–Crippen MR) is 92.9 cm³/mol. The SMILES string of the molecule is O=C(NCCc1cccc(Cl)c1)N1CCC[C@H](Cn2ccnn2)C1. The highest BCUT2D eigenvalue weighted by atomic mass is 35.5. The summed E-state index contributed by atoms with van der Waals surface area (Å²) in [7, 11) is 0. The molecule has 3 rings (SSSR count). The van der Waals surface area contributed by atoms with Gasteiger partial charge in [0.1, 0.15) is 0 Å². The maximum atomic E-state index is 12.4. The molecule has 7 heteroatoms. The third kappa shape index (κ3) is 4.71. The Morgan fingerprint density at radius 2 is 2.33 bits per heavy atom. The number of carbonyl (C=O) groups excluding carboxylic acids is 1. The molecule has 1 aromatic carbocycles. The van der Waals surface area contributed by atoms with Crippen LogP contribution in [0.3, 0.4) is 0 Å². The Kier molecular flexibility index (Phi) is 5.69. The molecule has 2 heterocycles. The molecule has 6 nitrogen and oxygen atoms in total. The molecule has 1 aliphatic rings. The molecule has 0 spiro atoms. The number of hydrogen-bond acceptors (Lipinski definition) is 3. The number of hydrogen-bond donors (Lipinski definition) is 1. The van der Waals surface area contributed by atoms with E-state index in [-0.39, 0.29) is 6.03 Å². The van der Waals surface area contributed by atoms with Crippen molar-refractivity contribution in [2.45, 2.75) is 25.8 Å². The third-order valence-corrected chi connectivity index (χ3v) is 4.54. The highest BCUT2D eigenvalue weighted by molar-refractivity contribution is 6.30. The lowest BCUT2D eigenvalue weighted by Crippen LogP contribution is -2.46. The summed E-state index contributed by atoms with van der Waals surface area (Å²) in [6.07, 6.45) is 6.48. The zero-order valence-electron chi connectivity index (χ0n) is 13.6. The van der Waals surface area contributed by atoms with Gasteiger partial charge in [-0.05, 0) is 42.9 Å². The number of aromatic nitrogens is 3. The quantitative estimate of drug-likeness (QED) is 0.904. The van der Waals surface area contributed by atoms with Gasteiger partial charge in [-0.25, -0.2) is 4.79 Å². The van der Waals surface area contributed by atoms with Crippen molar-refractivity contribution >= 4 is 17.6 Å². The maximum absolute atomic E-state index is 12.4. The summed E-state index contributed by atoms with van der Waals surface area (Å²) in [5, 5.41) is 11.6. The second-order valence-corrected chi connectivity index (χ2v) is 6.63. The first-order chi connectivity index (χ1) is 11.7. The number of urea groups is 1. The largest absolute Gasteiger partial charge is 0.338 e. The van der Waals surface area contributed by atoms with E-state index >= 15 is 0 Å². The minimum Gasteiger partial charge on any atom is -0.338 e. The monoisotopic (exact) mass is 347 g/mol. The second-order valence-electron chi connectivity index (χ2n) is 6.19. The van der Waals surface area contributed by atoms with Crippen LogP contribution in [0.1, 0.15) is 18.4 Å². The van der Waals surface area contributed by atoms with Crippen molar-refractivity contribution in [3.63, 3.8) is 0 Å². The number of likely N-dealkylation sites (tertiary alicyclic amines) is 1. The van der Waals surface area contributed by atoms with E-state index in [2.05, 4.69) is 15.6 Å². The Morgan fingerprint density at radius 1 is 1.42 bits per heavy atom. The zero-order chi connectivity index (χ0) is 16.8. The molecule has 0 bridgehead atoms. The van der Waals surface area contributed by atoms with Crippen LogP contribution < -0.4 is 5.32 Å². The first kappa shape index (κ1) is 16.8. The van der Waals surface area contributed by atoms with Crippen LogP contribution >= 0.6 is 11.6 Å². The smallest absolute Gasteiger partial charge is 0.317 e. The topological polar surface area (TPSA) is 63.1 Å². The number of nitrogens with zero attached hydrogens (tertiary/aromatic N) is 4. The molecular weight excluding hydrogens is 326 g/mol. The van der Waals surface area contributed by atoms with E-state index in [0.29, 0.717) is 12.5 Å². The molecule has 1 fully saturated rings. The van der Waals surface area contributed by atoms with E-state index in [0.717, 1.165) is 49.5 Å². The van der Waals surface area contributed by atoms with Crippen molar-refractivity contribution in [1.82, 2.24) is 25.2 Å². The summed E-state index contributed by atoms with van der Waals surface area (Å²) < 4.78 is 1.84. The molecule has 1 N–H and O–H groups in total. The van der Waals surface area contributed by atoms with E-state index in [9.17, 15) is 4.79 Å². The van der Waals surface area contributed by atoms with Gasteiger partial charge in [0.05, 0.1) is 6.20 Å². The number of amides is 2. The first-order valence-electron chi connectivity index (χ1n) is 8.32. The van der Waals surface area contributed by atoms with Gasteiger partial charge >= 0.3 is 6.03 Å². The molecule has 0 aliphatic carbocycles. The van der Waals surface area contributed by atoms with Crippen LogP contribution in [0.4, 0.5) is 4.79 Å². The molecular formula is C17H22ClN5O. The van der Waals surface area contributed by atoms with Crippen LogP contribution in [0.25, 0.3) is 0 Å². The van der Waals surface area contributed by atoms with Gasteiger partial charge in [-0.1, -0.05) is 28.9 Å². The van der Waals surface area contributed by atoms with Gasteiger partial charge in [-0.3, -0.25) is 4.68 Å². The van der Waals surface area contributed by atoms with E-state index in [4.69, 9.17) is 11.6 Å². The van der Waals surface area contributed by atoms with Gasteiger partial charge in [-0.15, -0.1) is 5.10 Å². The molecule has 128 valence electrons. The summed E-state index contributed by atoms with van der Waals surface area (Å²) in [6, 6.07) is 7.75.